The van der Waals surface area contributed by atoms with E-state index in [1.807, 2.05) is 12.4 Å². The van der Waals surface area contributed by atoms with Crippen molar-refractivity contribution in [3.8, 4) is 0 Å². The second-order valence-corrected chi connectivity index (χ2v) is 4.86. The summed E-state index contributed by atoms with van der Waals surface area (Å²) in [5.41, 5.74) is 1.31. The second kappa shape index (κ2) is 3.98. The van der Waals surface area contributed by atoms with Crippen molar-refractivity contribution in [1.29, 1.82) is 0 Å². The van der Waals surface area contributed by atoms with E-state index in [0.717, 1.165) is 19.4 Å². The predicted octanol–water partition coefficient (Wildman–Crippen LogP) is 1.78. The number of pyridine rings is 1. The lowest BCUT2D eigenvalue weighted by atomic mass is 10.0. The van der Waals surface area contributed by atoms with Crippen LogP contribution in [0.15, 0.2) is 24.5 Å². The van der Waals surface area contributed by atoms with E-state index < -0.39 is 0 Å². The monoisotopic (exact) mass is 216 g/mol. The van der Waals surface area contributed by atoms with Crippen LogP contribution in [-0.4, -0.2) is 27.8 Å². The van der Waals surface area contributed by atoms with Crippen LogP contribution in [-0.2, 0) is 11.3 Å². The maximum atomic E-state index is 11.5. The van der Waals surface area contributed by atoms with Gasteiger partial charge in [-0.25, -0.2) is 0 Å². The molecule has 0 saturated carbocycles. The van der Waals surface area contributed by atoms with Crippen molar-refractivity contribution in [3.05, 3.63) is 30.1 Å². The third kappa shape index (κ3) is 1.76. The number of carbonyl (C=O) groups is 1. The number of fused-ring (bicyclic) bond motifs is 2. The highest BCUT2D eigenvalue weighted by atomic mass is 16.1. The van der Waals surface area contributed by atoms with Crippen LogP contribution in [0.2, 0.25) is 0 Å². The molecule has 2 bridgehead atoms. The third-order valence-corrected chi connectivity index (χ3v) is 3.81. The van der Waals surface area contributed by atoms with Gasteiger partial charge in [0.1, 0.15) is 5.78 Å². The zero-order valence-electron chi connectivity index (χ0n) is 9.30. The molecule has 0 aliphatic carbocycles. The number of carbonyl (C=O) groups excluding carboxylic acids is 1. The number of piperidine rings is 1. The molecule has 0 N–H and O–H groups in total. The minimum Gasteiger partial charge on any atom is -0.300 e. The van der Waals surface area contributed by atoms with Gasteiger partial charge < -0.3 is 0 Å². The number of nitrogens with zero attached hydrogens (tertiary/aromatic N) is 2. The first-order valence-electron chi connectivity index (χ1n) is 5.99. The molecular weight excluding hydrogens is 200 g/mol. The van der Waals surface area contributed by atoms with E-state index in [4.69, 9.17) is 0 Å². The molecule has 1 aromatic heterocycles. The Balaban J connectivity index is 1.75. The molecule has 2 fully saturated rings. The summed E-state index contributed by atoms with van der Waals surface area (Å²) in [4.78, 5) is 18.0. The molecule has 0 aromatic carbocycles. The number of ketones is 1. The molecule has 2 aliphatic rings. The minimum absolute atomic E-state index is 0.457. The van der Waals surface area contributed by atoms with Gasteiger partial charge in [0, 0.05) is 43.9 Å². The van der Waals surface area contributed by atoms with Crippen LogP contribution in [0, 0.1) is 0 Å². The Morgan fingerprint density at radius 2 is 1.81 bits per heavy atom. The number of rotatable bonds is 2. The molecule has 16 heavy (non-hydrogen) atoms. The van der Waals surface area contributed by atoms with Gasteiger partial charge in [-0.2, -0.15) is 0 Å². The Hall–Kier alpha value is -1.22. The largest absolute Gasteiger partial charge is 0.300 e. The SMILES string of the molecule is O=C1CC2CCC(C1)N2Cc1ccncc1. The zero-order valence-corrected chi connectivity index (χ0v) is 9.30. The molecule has 3 rings (SSSR count). The molecule has 84 valence electrons. The lowest BCUT2D eigenvalue weighted by molar-refractivity contribution is -0.123. The van der Waals surface area contributed by atoms with Gasteiger partial charge in [0.2, 0.25) is 0 Å². The smallest absolute Gasteiger partial charge is 0.136 e. The summed E-state index contributed by atoms with van der Waals surface area (Å²) >= 11 is 0. The van der Waals surface area contributed by atoms with E-state index in [1.54, 1.807) is 0 Å². The normalized spacial score (nSPS) is 29.6. The van der Waals surface area contributed by atoms with Crippen molar-refractivity contribution < 1.29 is 4.79 Å². The standard InChI is InChI=1S/C13H16N2O/c16-13-7-11-1-2-12(8-13)15(11)9-10-3-5-14-6-4-10/h3-6,11-12H,1-2,7-9H2. The van der Waals surface area contributed by atoms with E-state index in [1.165, 1.54) is 18.4 Å². The Kier molecular flexibility index (Phi) is 2.48. The van der Waals surface area contributed by atoms with Crippen molar-refractivity contribution >= 4 is 5.78 Å². The Bertz CT molecular complexity index is 374. The van der Waals surface area contributed by atoms with Crippen molar-refractivity contribution in [2.75, 3.05) is 0 Å². The third-order valence-electron chi connectivity index (χ3n) is 3.81. The highest BCUT2D eigenvalue weighted by Gasteiger charge is 2.39. The van der Waals surface area contributed by atoms with Gasteiger partial charge in [0.15, 0.2) is 0 Å². The van der Waals surface area contributed by atoms with Crippen LogP contribution >= 0.6 is 0 Å². The van der Waals surface area contributed by atoms with Crippen molar-refractivity contribution in [3.63, 3.8) is 0 Å². The van der Waals surface area contributed by atoms with Crippen LogP contribution in [0.1, 0.15) is 31.2 Å². The average Bonchev–Trinajstić information content (AvgIpc) is 2.54. The van der Waals surface area contributed by atoms with Gasteiger partial charge in [-0.1, -0.05) is 0 Å². The fraction of sp³-hybridized carbons (Fsp3) is 0.538. The van der Waals surface area contributed by atoms with Crippen LogP contribution < -0.4 is 0 Å². The molecule has 0 radical (unpaired) electrons. The lowest BCUT2D eigenvalue weighted by Gasteiger charge is -2.33. The molecule has 2 saturated heterocycles. The number of hydrogen-bond donors (Lipinski definition) is 0. The highest BCUT2D eigenvalue weighted by Crippen LogP contribution is 2.34. The molecule has 3 heterocycles. The van der Waals surface area contributed by atoms with Crippen molar-refractivity contribution in [2.45, 2.75) is 44.3 Å². The predicted molar refractivity (Wildman–Crippen MR) is 60.8 cm³/mol. The Morgan fingerprint density at radius 3 is 2.44 bits per heavy atom. The summed E-state index contributed by atoms with van der Waals surface area (Å²) < 4.78 is 0. The van der Waals surface area contributed by atoms with Gasteiger partial charge in [-0.15, -0.1) is 0 Å². The summed E-state index contributed by atoms with van der Waals surface area (Å²) in [5, 5.41) is 0. The topological polar surface area (TPSA) is 33.2 Å². The number of hydrogen-bond acceptors (Lipinski definition) is 3. The van der Waals surface area contributed by atoms with Gasteiger partial charge in [0.25, 0.3) is 0 Å². The molecule has 0 amide bonds. The lowest BCUT2D eigenvalue weighted by Crippen LogP contribution is -2.42. The van der Waals surface area contributed by atoms with Gasteiger partial charge in [-0.3, -0.25) is 14.7 Å². The summed E-state index contributed by atoms with van der Waals surface area (Å²) in [7, 11) is 0. The molecule has 0 spiro atoms. The van der Waals surface area contributed by atoms with Crippen molar-refractivity contribution in [1.82, 2.24) is 9.88 Å². The molecule has 2 aliphatic heterocycles. The van der Waals surface area contributed by atoms with Gasteiger partial charge in [0.05, 0.1) is 0 Å². The molecule has 3 heteroatoms. The molecule has 2 atom stereocenters. The maximum absolute atomic E-state index is 11.5. The van der Waals surface area contributed by atoms with Gasteiger partial charge in [-0.05, 0) is 30.5 Å². The zero-order chi connectivity index (χ0) is 11.0. The van der Waals surface area contributed by atoms with E-state index in [-0.39, 0.29) is 0 Å². The summed E-state index contributed by atoms with van der Waals surface area (Å²) in [6, 6.07) is 5.13. The van der Waals surface area contributed by atoms with Crippen LogP contribution in [0.4, 0.5) is 0 Å². The molecular formula is C13H16N2O. The van der Waals surface area contributed by atoms with E-state index >= 15 is 0 Å². The first-order valence-corrected chi connectivity index (χ1v) is 5.99. The number of Topliss-reactive ketones (excluding diaryl/α,β-unsaturated/α-hetero) is 1. The minimum atomic E-state index is 0.457. The highest BCUT2D eigenvalue weighted by molar-refractivity contribution is 5.80. The quantitative estimate of drug-likeness (QED) is 0.755. The summed E-state index contributed by atoms with van der Waals surface area (Å²) in [6.45, 7) is 0.977. The Labute approximate surface area is 95.5 Å². The van der Waals surface area contributed by atoms with E-state index in [9.17, 15) is 4.79 Å². The van der Waals surface area contributed by atoms with E-state index in [2.05, 4.69) is 22.0 Å². The van der Waals surface area contributed by atoms with Crippen LogP contribution in [0.5, 0.6) is 0 Å². The fourth-order valence-corrected chi connectivity index (χ4v) is 3.02. The number of aromatic nitrogens is 1. The van der Waals surface area contributed by atoms with Gasteiger partial charge >= 0.3 is 0 Å². The molecule has 2 unspecified atom stereocenters. The van der Waals surface area contributed by atoms with E-state index in [0.29, 0.717) is 17.9 Å². The Morgan fingerprint density at radius 1 is 1.19 bits per heavy atom. The fourth-order valence-electron chi connectivity index (χ4n) is 3.02. The molecule has 3 nitrogen and oxygen atoms in total. The summed E-state index contributed by atoms with van der Waals surface area (Å²) in [6.07, 6.45) is 7.60. The summed E-state index contributed by atoms with van der Waals surface area (Å²) in [5.74, 6) is 0.457. The van der Waals surface area contributed by atoms with Crippen LogP contribution in [0.25, 0.3) is 0 Å². The molecule has 1 aromatic rings. The van der Waals surface area contributed by atoms with Crippen molar-refractivity contribution in [2.24, 2.45) is 0 Å². The maximum Gasteiger partial charge on any atom is 0.136 e. The average molecular weight is 216 g/mol. The van der Waals surface area contributed by atoms with Crippen LogP contribution in [0.3, 0.4) is 0 Å². The second-order valence-electron chi connectivity index (χ2n) is 4.86. The first-order chi connectivity index (χ1) is 7.83. The first kappa shape index (κ1) is 9.97.